The van der Waals surface area contributed by atoms with Crippen molar-refractivity contribution < 1.29 is 13.6 Å². The smallest absolute Gasteiger partial charge is 0.249 e. The Morgan fingerprint density at radius 2 is 1.80 bits per heavy atom. The lowest BCUT2D eigenvalue weighted by Gasteiger charge is -2.10. The maximum absolute atomic E-state index is 13.9. The second kappa shape index (κ2) is 11.4. The molecule has 25 heavy (non-hydrogen) atoms. The SMILES string of the molecule is CNC.Cc1cc(-c2c(F)cc(F)cc2C(N)=O)cc(Cl)n1.NC=S. The molecule has 2 aromatic rings. The van der Waals surface area contributed by atoms with E-state index in [9.17, 15) is 13.6 Å². The predicted octanol–water partition coefficient (Wildman–Crippen LogP) is 2.83. The number of carbonyl (C=O) groups is 1. The number of nitrogens with zero attached hydrogens (tertiary/aromatic N) is 1. The molecule has 136 valence electrons. The number of thiocarbonyl (C=S) groups is 1. The van der Waals surface area contributed by atoms with E-state index < -0.39 is 17.5 Å². The molecule has 2 rings (SSSR count). The highest BCUT2D eigenvalue weighted by Gasteiger charge is 2.18. The number of pyridine rings is 1. The van der Waals surface area contributed by atoms with Gasteiger partial charge in [0.1, 0.15) is 16.8 Å². The van der Waals surface area contributed by atoms with Gasteiger partial charge >= 0.3 is 0 Å². The molecule has 0 bridgehead atoms. The zero-order valence-corrected chi connectivity index (χ0v) is 15.5. The summed E-state index contributed by atoms with van der Waals surface area (Å²) in [4.78, 5) is 15.2. The lowest BCUT2D eigenvalue weighted by atomic mass is 9.98. The first-order valence-electron chi connectivity index (χ1n) is 6.89. The zero-order valence-electron chi connectivity index (χ0n) is 13.9. The molecule has 0 unspecified atom stereocenters. The van der Waals surface area contributed by atoms with Crippen LogP contribution < -0.4 is 16.8 Å². The Morgan fingerprint density at radius 1 is 1.28 bits per heavy atom. The van der Waals surface area contributed by atoms with Crippen molar-refractivity contribution in [2.75, 3.05) is 14.1 Å². The van der Waals surface area contributed by atoms with Crippen LogP contribution in [-0.2, 0) is 0 Å². The van der Waals surface area contributed by atoms with Gasteiger partial charge in [-0.3, -0.25) is 4.79 Å². The Balaban J connectivity index is 0.000000844. The zero-order chi connectivity index (χ0) is 19.6. The van der Waals surface area contributed by atoms with E-state index >= 15 is 0 Å². The van der Waals surface area contributed by atoms with Crippen molar-refractivity contribution in [2.45, 2.75) is 6.92 Å². The summed E-state index contributed by atoms with van der Waals surface area (Å²) >= 11 is 9.84. The highest BCUT2D eigenvalue weighted by molar-refractivity contribution is 7.78. The highest BCUT2D eigenvalue weighted by atomic mass is 35.5. The van der Waals surface area contributed by atoms with E-state index in [-0.39, 0.29) is 16.3 Å². The van der Waals surface area contributed by atoms with Crippen LogP contribution in [0.3, 0.4) is 0 Å². The number of aromatic nitrogens is 1. The third-order valence-electron chi connectivity index (χ3n) is 2.53. The molecule has 5 N–H and O–H groups in total. The van der Waals surface area contributed by atoms with Crippen LogP contribution in [0, 0.1) is 18.6 Å². The molecule has 0 aliphatic heterocycles. The molecule has 0 aliphatic carbocycles. The maximum Gasteiger partial charge on any atom is 0.249 e. The maximum atomic E-state index is 13.9. The summed E-state index contributed by atoms with van der Waals surface area (Å²) in [5, 5.41) is 2.90. The number of carbonyl (C=O) groups excluding carboxylic acids is 1. The van der Waals surface area contributed by atoms with Gasteiger partial charge in [-0.1, -0.05) is 23.8 Å². The van der Waals surface area contributed by atoms with Gasteiger partial charge in [0.05, 0.1) is 11.1 Å². The predicted molar refractivity (Wildman–Crippen MR) is 101 cm³/mol. The largest absolute Gasteiger partial charge is 0.396 e. The molecule has 1 aromatic carbocycles. The number of benzene rings is 1. The molecule has 0 spiro atoms. The lowest BCUT2D eigenvalue weighted by molar-refractivity contribution is 0.1000. The number of primary amides is 1. The number of nitrogens with two attached hydrogens (primary N) is 2. The molecule has 0 radical (unpaired) electrons. The van der Waals surface area contributed by atoms with E-state index in [1.165, 1.54) is 12.1 Å². The van der Waals surface area contributed by atoms with Gasteiger partial charge in [-0.25, -0.2) is 13.8 Å². The van der Waals surface area contributed by atoms with Crippen molar-refractivity contribution in [1.29, 1.82) is 0 Å². The summed E-state index contributed by atoms with van der Waals surface area (Å²) in [6, 6.07) is 4.50. The molecule has 1 aromatic heterocycles. The molecule has 9 heteroatoms. The Kier molecular flexibility index (Phi) is 10.4. The van der Waals surface area contributed by atoms with Gasteiger partial charge in [0.15, 0.2) is 0 Å². The van der Waals surface area contributed by atoms with Crippen LogP contribution in [0.2, 0.25) is 5.15 Å². The first kappa shape index (κ1) is 22.8. The minimum atomic E-state index is -0.918. The van der Waals surface area contributed by atoms with Crippen LogP contribution in [0.4, 0.5) is 8.78 Å². The van der Waals surface area contributed by atoms with Crippen molar-refractivity contribution in [3.8, 4) is 11.1 Å². The standard InChI is InChI=1S/C13H9ClF2N2O.C2H7N.CH3NS/c1-6-2-7(3-11(14)18-6)12-9(13(17)19)4-8(15)5-10(12)16;1-3-2;2-1-3/h2-5H,1H3,(H2,17,19);3H,1-2H3;1H,(H2,2,3). The van der Waals surface area contributed by atoms with E-state index in [4.69, 9.17) is 17.3 Å². The third-order valence-corrected chi connectivity index (χ3v) is 2.72. The highest BCUT2D eigenvalue weighted by Crippen LogP contribution is 2.29. The molecular weight excluding hydrogens is 370 g/mol. The molecule has 1 amide bonds. The van der Waals surface area contributed by atoms with E-state index in [1.807, 2.05) is 14.1 Å². The van der Waals surface area contributed by atoms with Crippen molar-refractivity contribution in [3.63, 3.8) is 0 Å². The quantitative estimate of drug-likeness (QED) is 0.543. The first-order valence-corrected chi connectivity index (χ1v) is 7.73. The van der Waals surface area contributed by atoms with Crippen LogP contribution in [0.1, 0.15) is 16.1 Å². The van der Waals surface area contributed by atoms with Crippen molar-refractivity contribution in [3.05, 3.63) is 52.3 Å². The Hall–Kier alpha value is -2.16. The number of halogens is 3. The molecule has 5 nitrogen and oxygen atoms in total. The fraction of sp³-hybridized carbons (Fsp3) is 0.188. The van der Waals surface area contributed by atoms with Crippen LogP contribution >= 0.6 is 23.8 Å². The molecular formula is C16H19ClF2N4OS. The second-order valence-corrected chi connectivity index (χ2v) is 5.29. The monoisotopic (exact) mass is 388 g/mol. The van der Waals surface area contributed by atoms with Gasteiger partial charge in [-0.15, -0.1) is 0 Å². The molecule has 0 atom stereocenters. The minimum absolute atomic E-state index is 0.0821. The van der Waals surface area contributed by atoms with Gasteiger partial charge in [0.25, 0.3) is 0 Å². The van der Waals surface area contributed by atoms with Gasteiger partial charge in [-0.05, 0) is 44.8 Å². The van der Waals surface area contributed by atoms with Crippen LogP contribution in [-0.4, -0.2) is 30.5 Å². The number of rotatable bonds is 2. The Morgan fingerprint density at radius 3 is 2.24 bits per heavy atom. The molecule has 0 aliphatic rings. The van der Waals surface area contributed by atoms with Crippen molar-refractivity contribution >= 4 is 35.2 Å². The van der Waals surface area contributed by atoms with E-state index in [0.717, 1.165) is 11.6 Å². The fourth-order valence-corrected chi connectivity index (χ4v) is 2.08. The average molecular weight is 389 g/mol. The topological polar surface area (TPSA) is 94.0 Å². The van der Waals surface area contributed by atoms with Gasteiger partial charge in [-0.2, -0.15) is 0 Å². The van der Waals surface area contributed by atoms with E-state index in [0.29, 0.717) is 17.3 Å². The van der Waals surface area contributed by atoms with E-state index in [1.54, 1.807) is 6.92 Å². The second-order valence-electron chi connectivity index (χ2n) is 4.63. The van der Waals surface area contributed by atoms with Crippen LogP contribution in [0.15, 0.2) is 24.3 Å². The number of hydrogen-bond acceptors (Lipinski definition) is 4. The summed E-state index contributed by atoms with van der Waals surface area (Å²) in [5.41, 5.74) is 11.3. The summed E-state index contributed by atoms with van der Waals surface area (Å²) in [6.45, 7) is 1.67. The number of aryl methyl sites for hydroxylation is 1. The van der Waals surface area contributed by atoms with Crippen LogP contribution in [0.5, 0.6) is 0 Å². The summed E-state index contributed by atoms with van der Waals surface area (Å²) in [5.74, 6) is -2.67. The van der Waals surface area contributed by atoms with Gasteiger partial charge < -0.3 is 16.8 Å². The average Bonchev–Trinajstić information content (AvgIpc) is 2.46. The van der Waals surface area contributed by atoms with Crippen LogP contribution in [0.25, 0.3) is 11.1 Å². The number of nitrogens with one attached hydrogen (secondary N) is 1. The minimum Gasteiger partial charge on any atom is -0.396 e. The number of hydrogen-bond donors (Lipinski definition) is 3. The third kappa shape index (κ3) is 7.51. The molecule has 1 heterocycles. The Labute approximate surface area is 155 Å². The normalized spacial score (nSPS) is 9.20. The van der Waals surface area contributed by atoms with Crippen molar-refractivity contribution in [2.24, 2.45) is 11.5 Å². The Bertz CT molecular complexity index is 724. The number of amides is 1. The lowest BCUT2D eigenvalue weighted by Crippen LogP contribution is -2.14. The molecule has 0 saturated carbocycles. The fourth-order valence-electron chi connectivity index (χ4n) is 1.83. The van der Waals surface area contributed by atoms with E-state index in [2.05, 4.69) is 28.3 Å². The van der Waals surface area contributed by atoms with Gasteiger partial charge in [0, 0.05) is 17.3 Å². The molecule has 0 fully saturated rings. The van der Waals surface area contributed by atoms with Gasteiger partial charge in [0.2, 0.25) is 5.91 Å². The summed E-state index contributed by atoms with van der Waals surface area (Å²) in [7, 11) is 3.75. The summed E-state index contributed by atoms with van der Waals surface area (Å²) < 4.78 is 27.1. The summed E-state index contributed by atoms with van der Waals surface area (Å²) in [6.07, 6.45) is 0. The molecule has 0 saturated heterocycles. The first-order chi connectivity index (χ1) is 11.7. The van der Waals surface area contributed by atoms with Crippen molar-refractivity contribution in [1.82, 2.24) is 10.3 Å².